The highest BCUT2D eigenvalue weighted by Crippen LogP contribution is 2.72. The molecule has 3 rings (SSSR count). The molecule has 0 aliphatic heterocycles. The molecule has 0 saturated carbocycles. The molecule has 0 amide bonds. The summed E-state index contributed by atoms with van der Waals surface area (Å²) in [5.74, 6) is -0.421. The maximum atomic E-state index is 12.2. The minimum atomic E-state index is -2.48. The van der Waals surface area contributed by atoms with Crippen LogP contribution in [0, 0.1) is 0 Å². The highest BCUT2D eigenvalue weighted by Gasteiger charge is 2.38. The zero-order chi connectivity index (χ0) is 18.7. The van der Waals surface area contributed by atoms with Crippen molar-refractivity contribution in [3.05, 3.63) is 87.9 Å². The average Bonchev–Trinajstić information content (AvgIpc) is 2.61. The van der Waals surface area contributed by atoms with E-state index in [2.05, 4.69) is 0 Å². The van der Waals surface area contributed by atoms with Crippen LogP contribution in [0.2, 0.25) is 15.1 Å². The van der Waals surface area contributed by atoms with Gasteiger partial charge in [0.05, 0.1) is 14.9 Å². The molecule has 0 bridgehead atoms. The van der Waals surface area contributed by atoms with Gasteiger partial charge >= 0.3 is 5.97 Å². The molecule has 3 aromatic rings. The van der Waals surface area contributed by atoms with Gasteiger partial charge in [-0.1, -0.05) is 71.2 Å². The molecular formula is C20H15Cl3O2S. The second-order valence-electron chi connectivity index (χ2n) is 5.46. The molecular weight excluding hydrogens is 411 g/mol. The molecule has 2 nitrogen and oxygen atoms in total. The van der Waals surface area contributed by atoms with Crippen molar-refractivity contribution in [1.29, 1.82) is 0 Å². The average molecular weight is 426 g/mol. The Morgan fingerprint density at radius 2 is 1.23 bits per heavy atom. The molecule has 0 atom stereocenters. The van der Waals surface area contributed by atoms with Gasteiger partial charge in [-0.05, 0) is 46.7 Å². The number of hydrogen-bond acceptors (Lipinski definition) is 2. The van der Waals surface area contributed by atoms with Crippen LogP contribution in [0.15, 0.2) is 87.5 Å². The van der Waals surface area contributed by atoms with Gasteiger partial charge in [-0.15, -0.1) is 0 Å². The van der Waals surface area contributed by atoms with Crippen LogP contribution >= 0.6 is 45.1 Å². The molecule has 0 unspecified atom stereocenters. The SMILES string of the molecule is CC(=O)OS(c1ccccc1)(c1ccccc1)c1c(Cl)cc(Cl)cc1Cl. The maximum absolute atomic E-state index is 12.2. The summed E-state index contributed by atoms with van der Waals surface area (Å²) in [6.07, 6.45) is 0. The summed E-state index contributed by atoms with van der Waals surface area (Å²) in [7, 11) is -2.48. The van der Waals surface area contributed by atoms with E-state index in [1.54, 1.807) is 12.1 Å². The van der Waals surface area contributed by atoms with Crippen molar-refractivity contribution in [3.8, 4) is 0 Å². The zero-order valence-electron chi connectivity index (χ0n) is 13.8. The second kappa shape index (κ2) is 7.93. The van der Waals surface area contributed by atoms with Crippen LogP contribution in [-0.2, 0) is 8.98 Å². The minimum absolute atomic E-state index is 0.353. The summed E-state index contributed by atoms with van der Waals surface area (Å²) in [6.45, 7) is 1.38. The maximum Gasteiger partial charge on any atom is 0.313 e. The van der Waals surface area contributed by atoms with Crippen LogP contribution < -0.4 is 0 Å². The van der Waals surface area contributed by atoms with Gasteiger partial charge in [0.1, 0.15) is 0 Å². The van der Waals surface area contributed by atoms with E-state index in [1.165, 1.54) is 6.92 Å². The lowest BCUT2D eigenvalue weighted by Gasteiger charge is -2.40. The third-order valence-electron chi connectivity index (χ3n) is 3.64. The summed E-state index contributed by atoms with van der Waals surface area (Å²) in [5, 5.41) is 1.12. The predicted molar refractivity (Wildman–Crippen MR) is 109 cm³/mol. The second-order valence-corrected chi connectivity index (χ2v) is 9.34. The van der Waals surface area contributed by atoms with Gasteiger partial charge in [0, 0.05) is 21.7 Å². The zero-order valence-corrected chi connectivity index (χ0v) is 16.9. The summed E-state index contributed by atoms with van der Waals surface area (Å²) >= 11 is 19.2. The number of benzene rings is 3. The Labute approximate surface area is 169 Å². The Morgan fingerprint density at radius 3 is 1.62 bits per heavy atom. The molecule has 0 saturated heterocycles. The third-order valence-corrected chi connectivity index (χ3v) is 8.05. The minimum Gasteiger partial charge on any atom is -0.402 e. The fourth-order valence-electron chi connectivity index (χ4n) is 2.71. The largest absolute Gasteiger partial charge is 0.402 e. The molecule has 134 valence electrons. The fraction of sp³-hybridized carbons (Fsp3) is 0.0500. The van der Waals surface area contributed by atoms with Crippen molar-refractivity contribution >= 4 is 51.1 Å². The number of halogens is 3. The summed E-state index contributed by atoms with van der Waals surface area (Å²) in [4.78, 5) is 14.3. The number of carbonyl (C=O) groups excluding carboxylic acids is 1. The van der Waals surface area contributed by atoms with E-state index in [0.717, 1.165) is 9.79 Å². The lowest BCUT2D eigenvalue weighted by Crippen LogP contribution is -2.12. The molecule has 0 fully saturated rings. The standard InChI is InChI=1S/C20H15Cl3O2S/c1-14(24)25-26(16-8-4-2-5-9-16,17-10-6-3-7-11-17)20-18(22)12-15(21)13-19(20)23/h2-13H,1H3. The van der Waals surface area contributed by atoms with Crippen molar-refractivity contribution in [2.45, 2.75) is 21.6 Å². The van der Waals surface area contributed by atoms with Crippen molar-refractivity contribution in [3.63, 3.8) is 0 Å². The lowest BCUT2D eigenvalue weighted by molar-refractivity contribution is -0.131. The Bertz CT molecular complexity index is 868. The molecule has 0 N–H and O–H groups in total. The van der Waals surface area contributed by atoms with E-state index >= 15 is 0 Å². The summed E-state index contributed by atoms with van der Waals surface area (Å²) < 4.78 is 6.03. The Morgan fingerprint density at radius 1 is 0.808 bits per heavy atom. The Hall–Kier alpha value is -1.65. The third kappa shape index (κ3) is 3.58. The van der Waals surface area contributed by atoms with E-state index in [1.807, 2.05) is 60.7 Å². The Kier molecular flexibility index (Phi) is 5.83. The molecule has 0 aliphatic carbocycles. The van der Waals surface area contributed by atoms with Gasteiger partial charge in [0.15, 0.2) is 0 Å². The first kappa shape index (κ1) is 19.1. The van der Waals surface area contributed by atoms with Crippen LogP contribution in [-0.4, -0.2) is 5.97 Å². The van der Waals surface area contributed by atoms with Gasteiger partial charge in [0.25, 0.3) is 0 Å². The number of rotatable bonds is 4. The summed E-state index contributed by atoms with van der Waals surface area (Å²) in [6, 6.07) is 22.2. The molecule has 0 spiro atoms. The van der Waals surface area contributed by atoms with E-state index in [0.29, 0.717) is 20.0 Å². The van der Waals surface area contributed by atoms with Gasteiger partial charge in [-0.2, -0.15) is 0 Å². The van der Waals surface area contributed by atoms with Crippen LogP contribution in [0.4, 0.5) is 0 Å². The molecule has 26 heavy (non-hydrogen) atoms. The fourth-order valence-corrected chi connectivity index (χ4v) is 7.30. The van der Waals surface area contributed by atoms with Gasteiger partial charge in [-0.3, -0.25) is 4.79 Å². The smallest absolute Gasteiger partial charge is 0.313 e. The highest BCUT2D eigenvalue weighted by atomic mass is 35.5. The van der Waals surface area contributed by atoms with E-state index in [9.17, 15) is 4.79 Å². The first-order chi connectivity index (χ1) is 12.4. The highest BCUT2D eigenvalue weighted by molar-refractivity contribution is 8.30. The van der Waals surface area contributed by atoms with E-state index < -0.39 is 16.3 Å². The molecule has 0 radical (unpaired) electrons. The molecule has 0 heterocycles. The van der Waals surface area contributed by atoms with Crippen LogP contribution in [0.25, 0.3) is 0 Å². The summed E-state index contributed by atoms with van der Waals surface area (Å²) in [5.41, 5.74) is 0. The number of hydrogen-bond donors (Lipinski definition) is 0. The molecule has 3 aromatic carbocycles. The van der Waals surface area contributed by atoms with E-state index in [4.69, 9.17) is 39.0 Å². The van der Waals surface area contributed by atoms with Crippen molar-refractivity contribution < 1.29 is 8.98 Å². The first-order valence-corrected chi connectivity index (χ1v) is 10.4. The Balaban J connectivity index is 2.44. The number of carbonyl (C=O) groups is 1. The molecule has 0 aromatic heterocycles. The topological polar surface area (TPSA) is 26.3 Å². The van der Waals surface area contributed by atoms with Crippen molar-refractivity contribution in [1.82, 2.24) is 0 Å². The monoisotopic (exact) mass is 424 g/mol. The van der Waals surface area contributed by atoms with Crippen molar-refractivity contribution in [2.24, 2.45) is 0 Å². The predicted octanol–water partition coefficient (Wildman–Crippen LogP) is 7.41. The van der Waals surface area contributed by atoms with Crippen LogP contribution in [0.3, 0.4) is 0 Å². The van der Waals surface area contributed by atoms with Gasteiger partial charge in [0.2, 0.25) is 0 Å². The normalized spacial score (nSPS) is 11.8. The van der Waals surface area contributed by atoms with Crippen LogP contribution in [0.5, 0.6) is 0 Å². The van der Waals surface area contributed by atoms with Crippen molar-refractivity contribution in [2.75, 3.05) is 0 Å². The first-order valence-electron chi connectivity index (χ1n) is 7.73. The quantitative estimate of drug-likeness (QED) is 0.435. The van der Waals surface area contributed by atoms with Gasteiger partial charge in [-0.25, -0.2) is 0 Å². The van der Waals surface area contributed by atoms with Crippen LogP contribution in [0.1, 0.15) is 6.92 Å². The van der Waals surface area contributed by atoms with E-state index in [-0.39, 0.29) is 0 Å². The molecule has 6 heteroatoms. The molecule has 0 aliphatic rings. The lowest BCUT2D eigenvalue weighted by atomic mass is 10.3. The van der Waals surface area contributed by atoms with Gasteiger partial charge < -0.3 is 4.18 Å².